The summed E-state index contributed by atoms with van der Waals surface area (Å²) in [5, 5.41) is 8.64. The van der Waals surface area contributed by atoms with Gasteiger partial charge in [0.1, 0.15) is 6.33 Å². The molecule has 0 aliphatic heterocycles. The molecule has 0 saturated heterocycles. The van der Waals surface area contributed by atoms with Crippen LogP contribution >= 0.6 is 0 Å². The van der Waals surface area contributed by atoms with Crippen LogP contribution in [0.5, 0.6) is 0 Å². The predicted molar refractivity (Wildman–Crippen MR) is 40.5 cm³/mol. The Bertz CT molecular complexity index is 299. The Hall–Kier alpha value is -1.45. The summed E-state index contributed by atoms with van der Waals surface area (Å²) in [5.74, 6) is -0.788. The lowest BCUT2D eigenvalue weighted by atomic mass is 10.2. The maximum Gasteiger partial charge on any atom is 0.307 e. The molecule has 1 aliphatic rings. The molecule has 1 aliphatic carbocycles. The van der Waals surface area contributed by atoms with Crippen LogP contribution in [0.3, 0.4) is 0 Å². The standard InChI is InChI=1S/C8H8N2O2/c11-8(12)7-1-6(7)5-2-9-4-10-3-5/h2-4,6-7H,1H2,(H,11,12)/t6-,7+/m1/s1. The van der Waals surface area contributed by atoms with Crippen molar-refractivity contribution >= 4 is 5.97 Å². The molecule has 0 radical (unpaired) electrons. The van der Waals surface area contributed by atoms with E-state index in [9.17, 15) is 4.79 Å². The molecule has 1 aromatic rings. The van der Waals surface area contributed by atoms with Crippen molar-refractivity contribution in [3.63, 3.8) is 0 Å². The Balaban J connectivity index is 2.11. The van der Waals surface area contributed by atoms with Crippen LogP contribution in [-0.4, -0.2) is 21.0 Å². The van der Waals surface area contributed by atoms with Crippen LogP contribution in [0.4, 0.5) is 0 Å². The monoisotopic (exact) mass is 164 g/mol. The van der Waals surface area contributed by atoms with Gasteiger partial charge in [0.15, 0.2) is 0 Å². The normalized spacial score (nSPS) is 26.7. The summed E-state index contributed by atoms with van der Waals surface area (Å²) in [7, 11) is 0. The Morgan fingerprint density at radius 3 is 2.67 bits per heavy atom. The first-order chi connectivity index (χ1) is 5.79. The Kier molecular flexibility index (Phi) is 1.53. The van der Waals surface area contributed by atoms with Gasteiger partial charge in [0, 0.05) is 18.3 Å². The minimum absolute atomic E-state index is 0.142. The van der Waals surface area contributed by atoms with E-state index in [1.54, 1.807) is 12.4 Å². The molecule has 2 atom stereocenters. The topological polar surface area (TPSA) is 63.1 Å². The SMILES string of the molecule is O=C(O)[C@H]1C[C@@H]1c1cncnc1. The van der Waals surface area contributed by atoms with Gasteiger partial charge in [0.25, 0.3) is 0 Å². The van der Waals surface area contributed by atoms with Crippen molar-refractivity contribution in [2.75, 3.05) is 0 Å². The summed E-state index contributed by atoms with van der Waals surface area (Å²) in [6, 6.07) is 0. The van der Waals surface area contributed by atoms with E-state index in [4.69, 9.17) is 5.11 Å². The third kappa shape index (κ3) is 1.15. The zero-order valence-electron chi connectivity index (χ0n) is 6.34. The minimum Gasteiger partial charge on any atom is -0.481 e. The number of hydrogen-bond donors (Lipinski definition) is 1. The van der Waals surface area contributed by atoms with E-state index in [2.05, 4.69) is 9.97 Å². The first-order valence-electron chi connectivity index (χ1n) is 3.77. The summed E-state index contributed by atoms with van der Waals surface area (Å²) in [6.45, 7) is 0. The average Bonchev–Trinajstić information content (AvgIpc) is 2.84. The number of carbonyl (C=O) groups is 1. The van der Waals surface area contributed by atoms with Gasteiger partial charge >= 0.3 is 5.97 Å². The molecule has 0 bridgehead atoms. The first-order valence-corrected chi connectivity index (χ1v) is 3.77. The molecule has 0 amide bonds. The van der Waals surface area contributed by atoms with Gasteiger partial charge in [-0.1, -0.05) is 0 Å². The summed E-state index contributed by atoms with van der Waals surface area (Å²) >= 11 is 0. The average molecular weight is 164 g/mol. The minimum atomic E-state index is -0.719. The van der Waals surface area contributed by atoms with Crippen LogP contribution in [0.25, 0.3) is 0 Å². The highest BCUT2D eigenvalue weighted by molar-refractivity contribution is 5.75. The quantitative estimate of drug-likeness (QED) is 0.697. The van der Waals surface area contributed by atoms with E-state index < -0.39 is 5.97 Å². The van der Waals surface area contributed by atoms with Crippen molar-refractivity contribution in [2.45, 2.75) is 12.3 Å². The van der Waals surface area contributed by atoms with E-state index in [1.165, 1.54) is 6.33 Å². The van der Waals surface area contributed by atoms with Gasteiger partial charge in [-0.05, 0) is 12.0 Å². The molecule has 1 saturated carbocycles. The highest BCUT2D eigenvalue weighted by Crippen LogP contribution is 2.46. The van der Waals surface area contributed by atoms with E-state index in [0.717, 1.165) is 12.0 Å². The van der Waals surface area contributed by atoms with Crippen LogP contribution in [0.15, 0.2) is 18.7 Å². The first kappa shape index (κ1) is 7.21. The third-order valence-corrected chi connectivity index (χ3v) is 2.12. The second-order valence-electron chi connectivity index (χ2n) is 2.96. The largest absolute Gasteiger partial charge is 0.481 e. The Morgan fingerprint density at radius 1 is 1.50 bits per heavy atom. The molecular formula is C8H8N2O2. The molecule has 1 aromatic heterocycles. The number of nitrogens with zero attached hydrogens (tertiary/aromatic N) is 2. The molecule has 1 N–H and O–H groups in total. The van der Waals surface area contributed by atoms with E-state index in [0.29, 0.717) is 0 Å². The number of carboxylic acids is 1. The Labute approximate surface area is 69.3 Å². The molecule has 62 valence electrons. The van der Waals surface area contributed by atoms with Gasteiger partial charge in [-0.3, -0.25) is 4.79 Å². The number of carboxylic acid groups (broad SMARTS) is 1. The molecule has 2 rings (SSSR count). The van der Waals surface area contributed by atoms with Crippen molar-refractivity contribution in [3.05, 3.63) is 24.3 Å². The zero-order valence-corrected chi connectivity index (χ0v) is 6.34. The van der Waals surface area contributed by atoms with Crippen LogP contribution in [-0.2, 0) is 4.79 Å². The van der Waals surface area contributed by atoms with Gasteiger partial charge in [0.2, 0.25) is 0 Å². The van der Waals surface area contributed by atoms with E-state index in [-0.39, 0.29) is 11.8 Å². The lowest BCUT2D eigenvalue weighted by Crippen LogP contribution is -1.99. The maximum absolute atomic E-state index is 10.5. The van der Waals surface area contributed by atoms with Crippen molar-refractivity contribution in [3.8, 4) is 0 Å². The van der Waals surface area contributed by atoms with Crippen molar-refractivity contribution in [1.29, 1.82) is 0 Å². The molecule has 12 heavy (non-hydrogen) atoms. The van der Waals surface area contributed by atoms with Gasteiger partial charge in [-0.15, -0.1) is 0 Å². The van der Waals surface area contributed by atoms with Crippen molar-refractivity contribution in [1.82, 2.24) is 9.97 Å². The van der Waals surface area contributed by atoms with Gasteiger partial charge < -0.3 is 5.11 Å². The fraction of sp³-hybridized carbons (Fsp3) is 0.375. The molecule has 1 fully saturated rings. The third-order valence-electron chi connectivity index (χ3n) is 2.12. The van der Waals surface area contributed by atoms with Crippen LogP contribution < -0.4 is 0 Å². The molecular weight excluding hydrogens is 156 g/mol. The molecule has 4 nitrogen and oxygen atoms in total. The molecule has 0 aromatic carbocycles. The second-order valence-corrected chi connectivity index (χ2v) is 2.96. The lowest BCUT2D eigenvalue weighted by Gasteiger charge is -1.93. The number of hydrogen-bond acceptors (Lipinski definition) is 3. The van der Waals surface area contributed by atoms with E-state index >= 15 is 0 Å². The molecule has 0 spiro atoms. The smallest absolute Gasteiger partial charge is 0.307 e. The summed E-state index contributed by atoms with van der Waals surface area (Å²) in [6.07, 6.45) is 5.53. The molecule has 1 heterocycles. The summed E-state index contributed by atoms with van der Waals surface area (Å²) in [5.41, 5.74) is 0.935. The second kappa shape index (κ2) is 2.55. The predicted octanol–water partition coefficient (Wildman–Crippen LogP) is 0.665. The zero-order chi connectivity index (χ0) is 8.55. The maximum atomic E-state index is 10.5. The fourth-order valence-corrected chi connectivity index (χ4v) is 1.34. The fourth-order valence-electron chi connectivity index (χ4n) is 1.34. The highest BCUT2D eigenvalue weighted by Gasteiger charge is 2.44. The van der Waals surface area contributed by atoms with Gasteiger partial charge in [0.05, 0.1) is 5.92 Å². The number of rotatable bonds is 2. The number of aliphatic carboxylic acids is 1. The molecule has 0 unspecified atom stereocenters. The number of aromatic nitrogens is 2. The van der Waals surface area contributed by atoms with Gasteiger partial charge in [-0.2, -0.15) is 0 Å². The van der Waals surface area contributed by atoms with Crippen molar-refractivity contribution in [2.24, 2.45) is 5.92 Å². The highest BCUT2D eigenvalue weighted by atomic mass is 16.4. The Morgan fingerprint density at radius 2 is 2.17 bits per heavy atom. The lowest BCUT2D eigenvalue weighted by molar-refractivity contribution is -0.138. The van der Waals surface area contributed by atoms with Gasteiger partial charge in [-0.25, -0.2) is 9.97 Å². The summed E-state index contributed by atoms with van der Waals surface area (Å²) in [4.78, 5) is 18.2. The van der Waals surface area contributed by atoms with Crippen LogP contribution in [0.1, 0.15) is 17.9 Å². The summed E-state index contributed by atoms with van der Waals surface area (Å²) < 4.78 is 0. The van der Waals surface area contributed by atoms with Crippen LogP contribution in [0, 0.1) is 5.92 Å². The van der Waals surface area contributed by atoms with Crippen LogP contribution in [0.2, 0.25) is 0 Å². The van der Waals surface area contributed by atoms with Crippen molar-refractivity contribution < 1.29 is 9.90 Å². The molecule has 4 heteroatoms. The van der Waals surface area contributed by atoms with E-state index in [1.807, 2.05) is 0 Å².